The molecular formula is C9H12N2O3S. The number of thiazole rings is 1. The van der Waals surface area contributed by atoms with Crippen LogP contribution < -0.4 is 5.32 Å². The van der Waals surface area contributed by atoms with Gasteiger partial charge in [-0.15, -0.1) is 11.3 Å². The van der Waals surface area contributed by atoms with Gasteiger partial charge in [0.1, 0.15) is 4.88 Å². The first kappa shape index (κ1) is 11.6. The molecule has 1 heterocycles. The molecule has 82 valence electrons. The Labute approximate surface area is 91.1 Å². The molecule has 0 aliphatic carbocycles. The van der Waals surface area contributed by atoms with Crippen molar-refractivity contribution in [2.45, 2.75) is 19.8 Å². The second-order valence-electron chi connectivity index (χ2n) is 3.02. The van der Waals surface area contributed by atoms with Crippen molar-refractivity contribution in [3.05, 3.63) is 16.1 Å². The third-order valence-corrected chi connectivity index (χ3v) is 2.73. The SMILES string of the molecule is Cc1ncsc1C(=O)NCCCC(=O)O. The molecule has 0 saturated carbocycles. The summed E-state index contributed by atoms with van der Waals surface area (Å²) >= 11 is 1.28. The van der Waals surface area contributed by atoms with Crippen molar-refractivity contribution in [1.82, 2.24) is 10.3 Å². The van der Waals surface area contributed by atoms with Crippen LogP contribution >= 0.6 is 11.3 Å². The number of nitrogens with zero attached hydrogens (tertiary/aromatic N) is 1. The molecule has 15 heavy (non-hydrogen) atoms. The molecule has 2 N–H and O–H groups in total. The molecule has 0 unspecified atom stereocenters. The maximum Gasteiger partial charge on any atom is 0.303 e. The lowest BCUT2D eigenvalue weighted by Gasteiger charge is -2.02. The third-order valence-electron chi connectivity index (χ3n) is 1.80. The zero-order valence-corrected chi connectivity index (χ0v) is 9.13. The highest BCUT2D eigenvalue weighted by molar-refractivity contribution is 7.11. The molecule has 5 nitrogen and oxygen atoms in total. The lowest BCUT2D eigenvalue weighted by molar-refractivity contribution is -0.137. The number of aliphatic carboxylic acids is 1. The number of carbonyl (C=O) groups excluding carboxylic acids is 1. The molecule has 0 saturated heterocycles. The van der Waals surface area contributed by atoms with Crippen molar-refractivity contribution in [2.24, 2.45) is 0 Å². The molecule has 0 aliphatic rings. The van der Waals surface area contributed by atoms with Gasteiger partial charge in [0.15, 0.2) is 0 Å². The quantitative estimate of drug-likeness (QED) is 0.738. The van der Waals surface area contributed by atoms with Crippen LogP contribution in [0.25, 0.3) is 0 Å². The van der Waals surface area contributed by atoms with Crippen LogP contribution in [0.4, 0.5) is 0 Å². The number of hydrogen-bond acceptors (Lipinski definition) is 4. The first-order valence-electron chi connectivity index (χ1n) is 4.51. The van der Waals surface area contributed by atoms with Gasteiger partial charge in [-0.1, -0.05) is 0 Å². The molecule has 1 amide bonds. The maximum absolute atomic E-state index is 11.5. The van der Waals surface area contributed by atoms with Gasteiger partial charge in [-0.2, -0.15) is 0 Å². The first-order valence-corrected chi connectivity index (χ1v) is 5.39. The van der Waals surface area contributed by atoms with Crippen LogP contribution in [0.2, 0.25) is 0 Å². The number of aromatic nitrogens is 1. The van der Waals surface area contributed by atoms with E-state index < -0.39 is 5.97 Å². The molecule has 6 heteroatoms. The Kier molecular flexibility index (Phi) is 4.23. The standard InChI is InChI=1S/C9H12N2O3S/c1-6-8(15-5-11-6)9(14)10-4-2-3-7(12)13/h5H,2-4H2,1H3,(H,10,14)(H,12,13). The molecule has 1 aromatic heterocycles. The van der Waals surface area contributed by atoms with Gasteiger partial charge >= 0.3 is 5.97 Å². The fourth-order valence-corrected chi connectivity index (χ4v) is 1.76. The number of aryl methyl sites for hydroxylation is 1. The number of nitrogens with one attached hydrogen (secondary N) is 1. The Morgan fingerprint density at radius 1 is 1.60 bits per heavy atom. The van der Waals surface area contributed by atoms with Gasteiger partial charge in [0, 0.05) is 13.0 Å². The minimum absolute atomic E-state index is 0.0714. The molecule has 0 bridgehead atoms. The van der Waals surface area contributed by atoms with Crippen molar-refractivity contribution in [3.8, 4) is 0 Å². The minimum atomic E-state index is -0.849. The summed E-state index contributed by atoms with van der Waals surface area (Å²) in [4.78, 5) is 26.2. The van der Waals surface area contributed by atoms with E-state index in [1.165, 1.54) is 11.3 Å². The summed E-state index contributed by atoms with van der Waals surface area (Å²) in [5.74, 6) is -1.03. The van der Waals surface area contributed by atoms with Crippen molar-refractivity contribution in [1.29, 1.82) is 0 Å². The highest BCUT2D eigenvalue weighted by Gasteiger charge is 2.10. The molecule has 0 fully saturated rings. The highest BCUT2D eigenvalue weighted by atomic mass is 32.1. The van der Waals surface area contributed by atoms with Gasteiger partial charge < -0.3 is 10.4 Å². The van der Waals surface area contributed by atoms with E-state index in [4.69, 9.17) is 5.11 Å². The van der Waals surface area contributed by atoms with Gasteiger partial charge in [0.2, 0.25) is 0 Å². The lowest BCUT2D eigenvalue weighted by atomic mass is 10.3. The molecule has 0 aliphatic heterocycles. The van der Waals surface area contributed by atoms with Crippen LogP contribution in [-0.4, -0.2) is 28.5 Å². The number of carbonyl (C=O) groups is 2. The Balaban J connectivity index is 2.31. The molecule has 0 aromatic carbocycles. The van der Waals surface area contributed by atoms with E-state index in [1.54, 1.807) is 12.4 Å². The van der Waals surface area contributed by atoms with E-state index >= 15 is 0 Å². The van der Waals surface area contributed by atoms with Crippen molar-refractivity contribution >= 4 is 23.2 Å². The number of amides is 1. The monoisotopic (exact) mass is 228 g/mol. The second-order valence-corrected chi connectivity index (χ2v) is 3.87. The van der Waals surface area contributed by atoms with Crippen LogP contribution in [0.15, 0.2) is 5.51 Å². The fourth-order valence-electron chi connectivity index (χ4n) is 1.04. The van der Waals surface area contributed by atoms with Crippen LogP contribution in [0.1, 0.15) is 28.2 Å². The smallest absolute Gasteiger partial charge is 0.303 e. The topological polar surface area (TPSA) is 79.3 Å². The van der Waals surface area contributed by atoms with Crippen LogP contribution in [-0.2, 0) is 4.79 Å². The summed E-state index contributed by atoms with van der Waals surface area (Å²) in [5.41, 5.74) is 2.32. The lowest BCUT2D eigenvalue weighted by Crippen LogP contribution is -2.24. The molecule has 1 aromatic rings. The normalized spacial score (nSPS) is 9.93. The molecule has 0 atom stereocenters. The molecule has 1 rings (SSSR count). The summed E-state index contributed by atoms with van der Waals surface area (Å²) in [7, 11) is 0. The van der Waals surface area contributed by atoms with Crippen LogP contribution in [0, 0.1) is 6.92 Å². The van der Waals surface area contributed by atoms with Crippen molar-refractivity contribution in [2.75, 3.05) is 6.54 Å². The molecule has 0 radical (unpaired) electrons. The van der Waals surface area contributed by atoms with E-state index in [0.717, 1.165) is 0 Å². The largest absolute Gasteiger partial charge is 0.481 e. The number of hydrogen-bond donors (Lipinski definition) is 2. The number of rotatable bonds is 5. The van der Waals surface area contributed by atoms with Gasteiger partial charge in [0.05, 0.1) is 11.2 Å². The van der Waals surface area contributed by atoms with Gasteiger partial charge in [-0.05, 0) is 13.3 Å². The van der Waals surface area contributed by atoms with E-state index in [-0.39, 0.29) is 12.3 Å². The number of carboxylic acid groups (broad SMARTS) is 1. The van der Waals surface area contributed by atoms with Crippen LogP contribution in [0.3, 0.4) is 0 Å². The third kappa shape index (κ3) is 3.67. The molecular weight excluding hydrogens is 216 g/mol. The second kappa shape index (κ2) is 5.45. The Hall–Kier alpha value is -1.43. The van der Waals surface area contributed by atoms with E-state index in [2.05, 4.69) is 10.3 Å². The summed E-state index contributed by atoms with van der Waals surface area (Å²) in [6.45, 7) is 2.14. The summed E-state index contributed by atoms with van der Waals surface area (Å²) in [6.07, 6.45) is 0.515. The van der Waals surface area contributed by atoms with E-state index in [0.29, 0.717) is 23.5 Å². The average molecular weight is 228 g/mol. The van der Waals surface area contributed by atoms with Crippen molar-refractivity contribution in [3.63, 3.8) is 0 Å². The summed E-state index contributed by atoms with van der Waals surface area (Å²) in [5, 5.41) is 11.0. The van der Waals surface area contributed by atoms with Crippen molar-refractivity contribution < 1.29 is 14.7 Å². The van der Waals surface area contributed by atoms with E-state index in [9.17, 15) is 9.59 Å². The van der Waals surface area contributed by atoms with Gasteiger partial charge in [-0.3, -0.25) is 9.59 Å². The average Bonchev–Trinajstić information content (AvgIpc) is 2.58. The first-order chi connectivity index (χ1) is 7.11. The summed E-state index contributed by atoms with van der Waals surface area (Å²) in [6, 6.07) is 0. The number of carboxylic acids is 1. The minimum Gasteiger partial charge on any atom is -0.481 e. The van der Waals surface area contributed by atoms with Crippen LogP contribution in [0.5, 0.6) is 0 Å². The summed E-state index contributed by atoms with van der Waals surface area (Å²) < 4.78 is 0. The van der Waals surface area contributed by atoms with Gasteiger partial charge in [-0.25, -0.2) is 4.98 Å². The predicted octanol–water partition coefficient (Wildman–Crippen LogP) is 1.05. The Morgan fingerprint density at radius 3 is 2.87 bits per heavy atom. The molecule has 0 spiro atoms. The Bertz CT molecular complexity index is 362. The predicted molar refractivity (Wildman–Crippen MR) is 56.1 cm³/mol. The van der Waals surface area contributed by atoms with E-state index in [1.807, 2.05) is 0 Å². The zero-order chi connectivity index (χ0) is 11.3. The Morgan fingerprint density at radius 2 is 2.33 bits per heavy atom. The maximum atomic E-state index is 11.5. The van der Waals surface area contributed by atoms with Gasteiger partial charge in [0.25, 0.3) is 5.91 Å². The highest BCUT2D eigenvalue weighted by Crippen LogP contribution is 2.11. The zero-order valence-electron chi connectivity index (χ0n) is 8.32. The fraction of sp³-hybridized carbons (Fsp3) is 0.444.